The zero-order valence-electron chi connectivity index (χ0n) is 12.0. The van der Waals surface area contributed by atoms with Crippen molar-refractivity contribution in [2.75, 3.05) is 0 Å². The molecule has 1 aromatic carbocycles. The smallest absolute Gasteiger partial charge is 0.230 e. The summed E-state index contributed by atoms with van der Waals surface area (Å²) in [6.45, 7) is 1.86. The first-order valence-corrected chi connectivity index (χ1v) is 6.81. The van der Waals surface area contributed by atoms with E-state index < -0.39 is 17.9 Å². The molecule has 0 bridgehead atoms. The maximum absolute atomic E-state index is 12.0. The summed E-state index contributed by atoms with van der Waals surface area (Å²) in [6, 6.07) is 8.53. The van der Waals surface area contributed by atoms with Crippen LogP contribution in [0.4, 0.5) is 0 Å². The number of Topliss-reactive ketones (excluding diaryl/α,β-unsaturated/α-hetero) is 1. The molecule has 5 N–H and O–H groups in total. The zero-order chi connectivity index (χ0) is 15.8. The number of hydrogen-bond acceptors (Lipinski definition) is 4. The average molecular weight is 291 g/mol. The van der Waals surface area contributed by atoms with Crippen LogP contribution in [0.3, 0.4) is 0 Å². The summed E-state index contributed by atoms with van der Waals surface area (Å²) in [7, 11) is 0. The van der Waals surface area contributed by atoms with Crippen molar-refractivity contribution in [1.29, 1.82) is 0 Å². The molecule has 6 nitrogen and oxygen atoms in total. The number of benzene rings is 1. The van der Waals surface area contributed by atoms with Gasteiger partial charge in [0.15, 0.2) is 5.78 Å². The van der Waals surface area contributed by atoms with E-state index in [1.807, 2.05) is 30.3 Å². The lowest BCUT2D eigenvalue weighted by Crippen LogP contribution is -2.42. The first-order chi connectivity index (χ1) is 9.91. The van der Waals surface area contributed by atoms with Crippen LogP contribution in [0.1, 0.15) is 25.3 Å². The molecule has 0 aromatic heterocycles. The molecule has 0 aliphatic heterocycles. The molecular formula is C15H21N3O3. The molecule has 1 unspecified atom stereocenters. The second-order valence-electron chi connectivity index (χ2n) is 4.94. The lowest BCUT2D eigenvalue weighted by atomic mass is 9.96. The maximum atomic E-state index is 12.0. The van der Waals surface area contributed by atoms with Gasteiger partial charge >= 0.3 is 0 Å². The van der Waals surface area contributed by atoms with Crippen LogP contribution < -0.4 is 16.8 Å². The van der Waals surface area contributed by atoms with E-state index in [1.165, 1.54) is 6.92 Å². The first-order valence-electron chi connectivity index (χ1n) is 6.81. The Morgan fingerprint density at radius 2 is 1.81 bits per heavy atom. The van der Waals surface area contributed by atoms with Gasteiger partial charge in [-0.3, -0.25) is 14.4 Å². The lowest BCUT2D eigenvalue weighted by molar-refractivity contribution is -0.134. The summed E-state index contributed by atoms with van der Waals surface area (Å²) in [6.07, 6.45) is 0.190. The largest absolute Gasteiger partial charge is 0.370 e. The van der Waals surface area contributed by atoms with Gasteiger partial charge in [0.25, 0.3) is 0 Å². The van der Waals surface area contributed by atoms with Crippen LogP contribution in [0.5, 0.6) is 0 Å². The van der Waals surface area contributed by atoms with Crippen LogP contribution >= 0.6 is 0 Å². The fourth-order valence-electron chi connectivity index (χ4n) is 1.83. The Kier molecular flexibility index (Phi) is 6.55. The number of nitrogens with one attached hydrogen (secondary N) is 1. The number of rotatable bonds is 8. The quantitative estimate of drug-likeness (QED) is 0.589. The van der Waals surface area contributed by atoms with Gasteiger partial charge in [0.1, 0.15) is 0 Å². The van der Waals surface area contributed by atoms with Crippen LogP contribution in [0, 0.1) is 5.92 Å². The summed E-state index contributed by atoms with van der Waals surface area (Å²) in [5, 5.41) is 2.69. The van der Waals surface area contributed by atoms with Crippen LogP contribution in [0.15, 0.2) is 30.3 Å². The maximum Gasteiger partial charge on any atom is 0.230 e. The van der Waals surface area contributed by atoms with Crippen LogP contribution in [-0.4, -0.2) is 23.6 Å². The van der Waals surface area contributed by atoms with Crippen molar-refractivity contribution < 1.29 is 14.4 Å². The van der Waals surface area contributed by atoms with Gasteiger partial charge in [-0.1, -0.05) is 30.3 Å². The second kappa shape index (κ2) is 8.16. The summed E-state index contributed by atoms with van der Waals surface area (Å²) in [5.74, 6) is -2.13. The molecule has 0 spiro atoms. The zero-order valence-corrected chi connectivity index (χ0v) is 12.0. The topological polar surface area (TPSA) is 115 Å². The number of carbonyl (C=O) groups excluding carboxylic acids is 3. The van der Waals surface area contributed by atoms with E-state index in [1.54, 1.807) is 0 Å². The number of amides is 2. The highest BCUT2D eigenvalue weighted by atomic mass is 16.2. The van der Waals surface area contributed by atoms with Gasteiger partial charge in [-0.25, -0.2) is 0 Å². The summed E-state index contributed by atoms with van der Waals surface area (Å²) in [5.41, 5.74) is 11.6. The molecule has 114 valence electrons. The number of ketones is 1. The summed E-state index contributed by atoms with van der Waals surface area (Å²) >= 11 is 0. The van der Waals surface area contributed by atoms with E-state index in [2.05, 4.69) is 5.32 Å². The predicted molar refractivity (Wildman–Crippen MR) is 78.9 cm³/mol. The Bertz CT molecular complexity index is 502. The van der Waals surface area contributed by atoms with Gasteiger partial charge in [-0.2, -0.15) is 0 Å². The van der Waals surface area contributed by atoms with Crippen LogP contribution in [0.2, 0.25) is 0 Å². The molecule has 0 radical (unpaired) electrons. The molecule has 0 aliphatic rings. The predicted octanol–water partition coefficient (Wildman–Crippen LogP) is 0.101. The molecule has 0 fully saturated rings. The van der Waals surface area contributed by atoms with Crippen LogP contribution in [0.25, 0.3) is 0 Å². The van der Waals surface area contributed by atoms with E-state index in [9.17, 15) is 14.4 Å². The molecule has 2 amide bonds. The fourth-order valence-corrected chi connectivity index (χ4v) is 1.83. The lowest BCUT2D eigenvalue weighted by Gasteiger charge is -2.15. The van der Waals surface area contributed by atoms with E-state index in [0.717, 1.165) is 5.56 Å². The van der Waals surface area contributed by atoms with Gasteiger partial charge in [0, 0.05) is 13.0 Å². The molecule has 1 rings (SSSR count). The van der Waals surface area contributed by atoms with Crippen LogP contribution in [-0.2, 0) is 20.9 Å². The third-order valence-corrected chi connectivity index (χ3v) is 3.20. The van der Waals surface area contributed by atoms with Gasteiger partial charge < -0.3 is 16.8 Å². The number of carbonyl (C=O) groups is 3. The number of hydrogen-bond donors (Lipinski definition) is 3. The molecule has 0 aliphatic carbocycles. The summed E-state index contributed by atoms with van der Waals surface area (Å²) in [4.78, 5) is 34.6. The van der Waals surface area contributed by atoms with Crippen molar-refractivity contribution in [2.24, 2.45) is 17.4 Å². The molecule has 0 saturated heterocycles. The third-order valence-electron chi connectivity index (χ3n) is 3.20. The highest BCUT2D eigenvalue weighted by molar-refractivity contribution is 6.03. The van der Waals surface area contributed by atoms with E-state index >= 15 is 0 Å². The highest BCUT2D eigenvalue weighted by Gasteiger charge is 2.26. The van der Waals surface area contributed by atoms with Crippen molar-refractivity contribution >= 4 is 17.6 Å². The Morgan fingerprint density at radius 1 is 1.19 bits per heavy atom. The normalized spacial score (nSPS) is 13.2. The van der Waals surface area contributed by atoms with Crippen molar-refractivity contribution in [2.45, 2.75) is 32.4 Å². The van der Waals surface area contributed by atoms with Crippen molar-refractivity contribution in [3.8, 4) is 0 Å². The number of nitrogens with two attached hydrogens (primary N) is 2. The molecular weight excluding hydrogens is 270 g/mol. The summed E-state index contributed by atoms with van der Waals surface area (Å²) < 4.78 is 0. The molecule has 0 heterocycles. The van der Waals surface area contributed by atoms with Gasteiger partial charge in [0.2, 0.25) is 11.8 Å². The van der Waals surface area contributed by atoms with E-state index in [0.29, 0.717) is 6.54 Å². The van der Waals surface area contributed by atoms with Crippen molar-refractivity contribution in [1.82, 2.24) is 5.32 Å². The standard InChI is InChI=1S/C15H21N3O3/c1-10(14(20)12(16)7-8-13(17)19)15(21)18-9-11-5-3-2-4-6-11/h2-6,10,12H,7-9,16H2,1H3,(H2,17,19)(H,18,21)/t10?,12-/m0/s1. The van der Waals surface area contributed by atoms with E-state index in [4.69, 9.17) is 11.5 Å². The molecule has 2 atom stereocenters. The Labute approximate surface area is 123 Å². The molecule has 6 heteroatoms. The highest BCUT2D eigenvalue weighted by Crippen LogP contribution is 2.06. The monoisotopic (exact) mass is 291 g/mol. The Hall–Kier alpha value is -2.21. The number of primary amides is 1. The molecule has 1 aromatic rings. The fraction of sp³-hybridized carbons (Fsp3) is 0.400. The minimum absolute atomic E-state index is 0.0330. The van der Waals surface area contributed by atoms with E-state index in [-0.39, 0.29) is 24.5 Å². The van der Waals surface area contributed by atoms with Gasteiger partial charge in [0.05, 0.1) is 12.0 Å². The minimum Gasteiger partial charge on any atom is -0.370 e. The molecule has 0 saturated carbocycles. The first kappa shape index (κ1) is 16.8. The minimum atomic E-state index is -0.852. The SMILES string of the molecule is CC(C(=O)NCc1ccccc1)C(=O)[C@@H](N)CCC(N)=O. The Morgan fingerprint density at radius 3 is 2.38 bits per heavy atom. The van der Waals surface area contributed by atoms with Crippen molar-refractivity contribution in [3.63, 3.8) is 0 Å². The Balaban J connectivity index is 2.45. The van der Waals surface area contributed by atoms with Gasteiger partial charge in [-0.15, -0.1) is 0 Å². The molecule has 21 heavy (non-hydrogen) atoms. The average Bonchev–Trinajstić information content (AvgIpc) is 2.49. The van der Waals surface area contributed by atoms with Crippen molar-refractivity contribution in [3.05, 3.63) is 35.9 Å². The second-order valence-corrected chi connectivity index (χ2v) is 4.94. The van der Waals surface area contributed by atoms with Gasteiger partial charge in [-0.05, 0) is 18.9 Å². The third kappa shape index (κ3) is 5.74.